The standard InChI is InChI=1S/C13H19NS/c1-10-3-4-13(11(2)9-10)15-12-5-7-14-8-6-12/h3-4,9,12,14H,5-8H2,1-2H3. The van der Waals surface area contributed by atoms with Crippen LogP contribution in [-0.2, 0) is 0 Å². The van der Waals surface area contributed by atoms with Gasteiger partial charge in [0.2, 0.25) is 0 Å². The maximum absolute atomic E-state index is 3.41. The average Bonchev–Trinajstić information content (AvgIpc) is 2.24. The maximum atomic E-state index is 3.41. The van der Waals surface area contributed by atoms with E-state index in [0.29, 0.717) is 0 Å². The van der Waals surface area contributed by atoms with Crippen LogP contribution in [0.25, 0.3) is 0 Å². The number of rotatable bonds is 2. The van der Waals surface area contributed by atoms with Crippen molar-refractivity contribution in [3.05, 3.63) is 29.3 Å². The van der Waals surface area contributed by atoms with Gasteiger partial charge in [-0.05, 0) is 51.4 Å². The molecule has 1 heterocycles. The molecule has 2 heteroatoms. The van der Waals surface area contributed by atoms with Gasteiger partial charge < -0.3 is 5.32 Å². The second-order valence-corrected chi connectivity index (χ2v) is 5.68. The fourth-order valence-electron chi connectivity index (χ4n) is 2.02. The molecule has 0 unspecified atom stereocenters. The monoisotopic (exact) mass is 221 g/mol. The molecule has 1 nitrogen and oxygen atoms in total. The summed E-state index contributed by atoms with van der Waals surface area (Å²) in [5.74, 6) is 0. The predicted molar refractivity (Wildman–Crippen MR) is 67.7 cm³/mol. The van der Waals surface area contributed by atoms with Crippen LogP contribution in [0.2, 0.25) is 0 Å². The highest BCUT2D eigenvalue weighted by Gasteiger charge is 2.14. The molecule has 1 fully saturated rings. The SMILES string of the molecule is Cc1ccc(SC2CCNCC2)c(C)c1. The van der Waals surface area contributed by atoms with Gasteiger partial charge in [0.15, 0.2) is 0 Å². The molecule has 2 rings (SSSR count). The van der Waals surface area contributed by atoms with E-state index in [1.807, 2.05) is 0 Å². The normalized spacial score (nSPS) is 18.0. The van der Waals surface area contributed by atoms with Gasteiger partial charge in [-0.3, -0.25) is 0 Å². The minimum Gasteiger partial charge on any atom is -0.317 e. The molecular weight excluding hydrogens is 202 g/mol. The Morgan fingerprint density at radius 1 is 1.20 bits per heavy atom. The van der Waals surface area contributed by atoms with Crippen molar-refractivity contribution in [2.24, 2.45) is 0 Å². The van der Waals surface area contributed by atoms with Crippen LogP contribution in [0.4, 0.5) is 0 Å². The Morgan fingerprint density at radius 3 is 2.60 bits per heavy atom. The summed E-state index contributed by atoms with van der Waals surface area (Å²) in [4.78, 5) is 1.47. The quantitative estimate of drug-likeness (QED) is 0.823. The Kier molecular flexibility index (Phi) is 3.71. The van der Waals surface area contributed by atoms with Gasteiger partial charge in [0.1, 0.15) is 0 Å². The van der Waals surface area contributed by atoms with Gasteiger partial charge in [0, 0.05) is 10.1 Å². The molecule has 0 radical (unpaired) electrons. The highest BCUT2D eigenvalue weighted by molar-refractivity contribution is 8.00. The summed E-state index contributed by atoms with van der Waals surface area (Å²) in [5, 5.41) is 4.22. The molecule has 1 aromatic rings. The van der Waals surface area contributed by atoms with Crippen LogP contribution < -0.4 is 5.32 Å². The lowest BCUT2D eigenvalue weighted by Gasteiger charge is -2.22. The molecule has 82 valence electrons. The van der Waals surface area contributed by atoms with Gasteiger partial charge in [0.05, 0.1) is 0 Å². The van der Waals surface area contributed by atoms with Crippen LogP contribution in [0, 0.1) is 13.8 Å². The molecule has 1 aliphatic rings. The van der Waals surface area contributed by atoms with E-state index in [4.69, 9.17) is 0 Å². The fourth-order valence-corrected chi connectivity index (χ4v) is 3.25. The molecule has 0 bridgehead atoms. The molecule has 1 aromatic carbocycles. The zero-order valence-electron chi connectivity index (χ0n) is 9.55. The summed E-state index contributed by atoms with van der Waals surface area (Å²) < 4.78 is 0. The Hall–Kier alpha value is -0.470. The smallest absolute Gasteiger partial charge is 0.0119 e. The second-order valence-electron chi connectivity index (χ2n) is 4.34. The van der Waals surface area contributed by atoms with Crippen LogP contribution in [-0.4, -0.2) is 18.3 Å². The number of benzene rings is 1. The van der Waals surface area contributed by atoms with Crippen LogP contribution in [0.15, 0.2) is 23.1 Å². The van der Waals surface area contributed by atoms with Crippen LogP contribution >= 0.6 is 11.8 Å². The number of nitrogens with one attached hydrogen (secondary N) is 1. The molecule has 0 aromatic heterocycles. The lowest BCUT2D eigenvalue weighted by molar-refractivity contribution is 0.531. The van der Waals surface area contributed by atoms with Crippen molar-refractivity contribution in [2.75, 3.05) is 13.1 Å². The molecule has 1 saturated heterocycles. The van der Waals surface area contributed by atoms with Crippen molar-refractivity contribution in [3.63, 3.8) is 0 Å². The van der Waals surface area contributed by atoms with Gasteiger partial charge in [-0.15, -0.1) is 11.8 Å². The lowest BCUT2D eigenvalue weighted by atomic mass is 10.1. The van der Waals surface area contributed by atoms with Gasteiger partial charge in [-0.1, -0.05) is 17.7 Å². The van der Waals surface area contributed by atoms with Crippen molar-refractivity contribution < 1.29 is 0 Å². The fraction of sp³-hybridized carbons (Fsp3) is 0.538. The summed E-state index contributed by atoms with van der Waals surface area (Å²) in [5.41, 5.74) is 2.79. The number of hydrogen-bond acceptors (Lipinski definition) is 2. The van der Waals surface area contributed by atoms with Gasteiger partial charge >= 0.3 is 0 Å². The van der Waals surface area contributed by atoms with Gasteiger partial charge in [-0.25, -0.2) is 0 Å². The third-order valence-corrected chi connectivity index (χ3v) is 4.43. The van der Waals surface area contributed by atoms with Gasteiger partial charge in [-0.2, -0.15) is 0 Å². The van der Waals surface area contributed by atoms with Crippen molar-refractivity contribution in [1.29, 1.82) is 0 Å². The van der Waals surface area contributed by atoms with Crippen molar-refractivity contribution in [3.8, 4) is 0 Å². The minimum atomic E-state index is 0.813. The Morgan fingerprint density at radius 2 is 1.93 bits per heavy atom. The zero-order chi connectivity index (χ0) is 10.7. The predicted octanol–water partition coefficient (Wildman–Crippen LogP) is 3.15. The van der Waals surface area contributed by atoms with E-state index in [9.17, 15) is 0 Å². The summed E-state index contributed by atoms with van der Waals surface area (Å²) in [6, 6.07) is 6.77. The molecule has 0 amide bonds. The molecule has 1 aliphatic heterocycles. The topological polar surface area (TPSA) is 12.0 Å². The van der Waals surface area contributed by atoms with Gasteiger partial charge in [0.25, 0.3) is 0 Å². The van der Waals surface area contributed by atoms with E-state index in [-0.39, 0.29) is 0 Å². The van der Waals surface area contributed by atoms with Crippen LogP contribution in [0.5, 0.6) is 0 Å². The third kappa shape index (κ3) is 2.99. The highest BCUT2D eigenvalue weighted by atomic mass is 32.2. The Labute approximate surface area is 96.7 Å². The molecular formula is C13H19NS. The lowest BCUT2D eigenvalue weighted by Crippen LogP contribution is -2.29. The van der Waals surface area contributed by atoms with E-state index >= 15 is 0 Å². The second kappa shape index (κ2) is 5.04. The number of hydrogen-bond donors (Lipinski definition) is 1. The molecule has 0 aliphatic carbocycles. The van der Waals surface area contributed by atoms with Crippen molar-refractivity contribution >= 4 is 11.8 Å². The molecule has 15 heavy (non-hydrogen) atoms. The maximum Gasteiger partial charge on any atom is 0.0119 e. The molecule has 1 N–H and O–H groups in total. The first kappa shape index (κ1) is 11.0. The van der Waals surface area contributed by atoms with E-state index < -0.39 is 0 Å². The number of thioether (sulfide) groups is 1. The third-order valence-electron chi connectivity index (χ3n) is 2.91. The average molecular weight is 221 g/mol. The van der Waals surface area contributed by atoms with Crippen LogP contribution in [0.3, 0.4) is 0 Å². The van der Waals surface area contributed by atoms with Crippen LogP contribution in [0.1, 0.15) is 24.0 Å². The van der Waals surface area contributed by atoms with E-state index in [1.165, 1.54) is 42.0 Å². The molecule has 0 spiro atoms. The molecule has 0 saturated carbocycles. The summed E-state index contributed by atoms with van der Waals surface area (Å²) in [6.45, 7) is 6.74. The first-order chi connectivity index (χ1) is 7.25. The molecule has 0 atom stereocenters. The number of piperidine rings is 1. The Bertz CT molecular complexity index is 329. The Balaban J connectivity index is 2.03. The van der Waals surface area contributed by atoms with Crippen molar-refractivity contribution in [1.82, 2.24) is 5.32 Å². The summed E-state index contributed by atoms with van der Waals surface area (Å²) >= 11 is 2.06. The number of aryl methyl sites for hydroxylation is 2. The van der Waals surface area contributed by atoms with E-state index in [0.717, 1.165) is 5.25 Å². The highest BCUT2D eigenvalue weighted by Crippen LogP contribution is 2.31. The minimum absolute atomic E-state index is 0.813. The summed E-state index contributed by atoms with van der Waals surface area (Å²) in [6.07, 6.45) is 2.61. The van der Waals surface area contributed by atoms with E-state index in [1.54, 1.807) is 0 Å². The summed E-state index contributed by atoms with van der Waals surface area (Å²) in [7, 11) is 0. The van der Waals surface area contributed by atoms with E-state index in [2.05, 4.69) is 49.1 Å². The van der Waals surface area contributed by atoms with Crippen molar-refractivity contribution in [2.45, 2.75) is 36.8 Å². The first-order valence-corrected chi connectivity index (χ1v) is 6.58. The first-order valence-electron chi connectivity index (χ1n) is 5.70. The zero-order valence-corrected chi connectivity index (χ0v) is 10.4. The largest absolute Gasteiger partial charge is 0.317 e.